The second-order valence-electron chi connectivity index (χ2n) is 8.09. The molecule has 0 saturated carbocycles. The maximum Gasteiger partial charge on any atom is 0.410 e. The molecule has 2 heterocycles. The van der Waals surface area contributed by atoms with Crippen LogP contribution in [0.1, 0.15) is 63.6 Å². The van der Waals surface area contributed by atoms with Crippen molar-refractivity contribution >= 4 is 6.09 Å². The van der Waals surface area contributed by atoms with Crippen molar-refractivity contribution in [1.29, 1.82) is 0 Å². The molecule has 0 N–H and O–H groups in total. The third-order valence-electron chi connectivity index (χ3n) is 4.66. The lowest BCUT2D eigenvalue weighted by molar-refractivity contribution is -0.0441. The van der Waals surface area contributed by atoms with E-state index in [1.54, 1.807) is 0 Å². The van der Waals surface area contributed by atoms with E-state index >= 15 is 0 Å². The molecule has 1 aromatic rings. The molecule has 23 heavy (non-hydrogen) atoms. The second-order valence-corrected chi connectivity index (χ2v) is 8.09. The maximum atomic E-state index is 12.5. The van der Waals surface area contributed by atoms with Gasteiger partial charge in [-0.2, -0.15) is 0 Å². The third-order valence-corrected chi connectivity index (χ3v) is 4.66. The molecular weight excluding hydrogens is 290 g/mol. The van der Waals surface area contributed by atoms with Gasteiger partial charge >= 0.3 is 6.09 Å². The zero-order chi connectivity index (χ0) is 16.8. The van der Waals surface area contributed by atoms with Crippen LogP contribution >= 0.6 is 0 Å². The number of carbonyl (C=O) groups is 1. The van der Waals surface area contributed by atoms with E-state index in [0.717, 1.165) is 13.0 Å². The van der Waals surface area contributed by atoms with Crippen molar-refractivity contribution in [3.05, 3.63) is 34.9 Å². The summed E-state index contributed by atoms with van der Waals surface area (Å²) >= 11 is 0. The number of ether oxygens (including phenoxy) is 2. The molecule has 2 aliphatic heterocycles. The molecule has 0 bridgehead atoms. The molecule has 4 nitrogen and oxygen atoms in total. The quantitative estimate of drug-likeness (QED) is 0.720. The zero-order valence-electron chi connectivity index (χ0n) is 14.8. The third kappa shape index (κ3) is 3.23. The Morgan fingerprint density at radius 1 is 1.35 bits per heavy atom. The second kappa shape index (κ2) is 5.52. The predicted molar refractivity (Wildman–Crippen MR) is 89.4 cm³/mol. The Morgan fingerprint density at radius 2 is 2.09 bits per heavy atom. The van der Waals surface area contributed by atoms with Crippen LogP contribution in [0.4, 0.5) is 4.79 Å². The monoisotopic (exact) mass is 317 g/mol. The van der Waals surface area contributed by atoms with E-state index in [2.05, 4.69) is 32.0 Å². The molecule has 1 aromatic carbocycles. The van der Waals surface area contributed by atoms with Gasteiger partial charge in [-0.3, -0.25) is 0 Å². The minimum Gasteiger partial charge on any atom is -0.444 e. The highest BCUT2D eigenvalue weighted by atomic mass is 16.6. The summed E-state index contributed by atoms with van der Waals surface area (Å²) in [6.07, 6.45) is 0.688. The van der Waals surface area contributed by atoms with Crippen molar-refractivity contribution in [2.24, 2.45) is 0 Å². The average molecular weight is 317 g/mol. The minimum atomic E-state index is -0.466. The van der Waals surface area contributed by atoms with Gasteiger partial charge in [-0.05, 0) is 57.7 Å². The lowest BCUT2D eigenvalue weighted by atomic mass is 9.80. The summed E-state index contributed by atoms with van der Waals surface area (Å²) in [6.45, 7) is 12.0. The maximum absolute atomic E-state index is 12.5. The summed E-state index contributed by atoms with van der Waals surface area (Å²) in [5, 5.41) is 0. The van der Waals surface area contributed by atoms with E-state index in [1.807, 2.05) is 25.7 Å². The molecule has 1 atom stereocenters. The Bertz CT molecular complexity index is 616. The van der Waals surface area contributed by atoms with Crippen molar-refractivity contribution in [1.82, 2.24) is 4.90 Å². The van der Waals surface area contributed by atoms with Crippen LogP contribution in [0.5, 0.6) is 0 Å². The van der Waals surface area contributed by atoms with Gasteiger partial charge < -0.3 is 14.4 Å². The summed E-state index contributed by atoms with van der Waals surface area (Å²) in [5.41, 5.74) is 3.15. The van der Waals surface area contributed by atoms with Crippen LogP contribution in [0.25, 0.3) is 0 Å². The Kier molecular flexibility index (Phi) is 3.91. The molecule has 0 aromatic heterocycles. The standard InChI is InChI=1S/C19H27NO3/c1-18(2,3)23-17(21)20-10-9-14-12-22-19(4,5)15-8-6-7-13(11-20)16(14)15/h6-8,14H,9-12H2,1-5H3. The summed E-state index contributed by atoms with van der Waals surface area (Å²) < 4.78 is 11.6. The smallest absolute Gasteiger partial charge is 0.410 e. The number of carbonyl (C=O) groups excluding carboxylic acids is 1. The normalized spacial score (nSPS) is 23.0. The lowest BCUT2D eigenvalue weighted by Crippen LogP contribution is -2.36. The van der Waals surface area contributed by atoms with Crippen molar-refractivity contribution in [3.63, 3.8) is 0 Å². The van der Waals surface area contributed by atoms with Crippen molar-refractivity contribution in [2.45, 2.75) is 64.7 Å². The first kappa shape index (κ1) is 16.3. The SMILES string of the molecule is CC(C)(C)OC(=O)N1CCC2COC(C)(C)c3cccc(c32)C1. The molecule has 0 saturated heterocycles. The van der Waals surface area contributed by atoms with E-state index in [4.69, 9.17) is 9.47 Å². The summed E-state index contributed by atoms with van der Waals surface area (Å²) in [6, 6.07) is 6.37. The number of rotatable bonds is 0. The first-order valence-electron chi connectivity index (χ1n) is 8.41. The van der Waals surface area contributed by atoms with E-state index < -0.39 is 5.60 Å². The number of hydrogen-bond donors (Lipinski definition) is 0. The van der Waals surface area contributed by atoms with Gasteiger partial charge in [0.25, 0.3) is 0 Å². The summed E-state index contributed by atoms with van der Waals surface area (Å²) in [4.78, 5) is 14.3. The molecular formula is C19H27NO3. The summed E-state index contributed by atoms with van der Waals surface area (Å²) in [5.74, 6) is 0.363. The first-order chi connectivity index (χ1) is 10.7. The number of benzene rings is 1. The van der Waals surface area contributed by atoms with Gasteiger partial charge in [-0.25, -0.2) is 4.79 Å². The number of nitrogens with zero attached hydrogens (tertiary/aromatic N) is 1. The van der Waals surface area contributed by atoms with Crippen molar-refractivity contribution in [3.8, 4) is 0 Å². The van der Waals surface area contributed by atoms with Gasteiger partial charge in [0.2, 0.25) is 0 Å². The van der Waals surface area contributed by atoms with Gasteiger partial charge in [0.15, 0.2) is 0 Å². The molecule has 0 fully saturated rings. The van der Waals surface area contributed by atoms with Crippen LogP contribution in [-0.4, -0.2) is 29.7 Å². The fourth-order valence-corrected chi connectivity index (χ4v) is 3.53. The van der Waals surface area contributed by atoms with Crippen LogP contribution in [0, 0.1) is 0 Å². The highest BCUT2D eigenvalue weighted by molar-refractivity contribution is 5.68. The molecule has 0 aliphatic carbocycles. The van der Waals surface area contributed by atoms with Gasteiger partial charge in [0, 0.05) is 19.0 Å². The fourth-order valence-electron chi connectivity index (χ4n) is 3.53. The molecule has 0 spiro atoms. The molecule has 1 amide bonds. The van der Waals surface area contributed by atoms with E-state index in [1.165, 1.54) is 16.7 Å². The number of amides is 1. The van der Waals surface area contributed by atoms with Crippen molar-refractivity contribution < 1.29 is 14.3 Å². The van der Waals surface area contributed by atoms with Crippen LogP contribution in [-0.2, 0) is 21.6 Å². The lowest BCUT2D eigenvalue weighted by Gasteiger charge is -2.37. The topological polar surface area (TPSA) is 38.8 Å². The van der Waals surface area contributed by atoms with Crippen LogP contribution in [0.3, 0.4) is 0 Å². The van der Waals surface area contributed by atoms with Crippen LogP contribution in [0.15, 0.2) is 18.2 Å². The Morgan fingerprint density at radius 3 is 2.78 bits per heavy atom. The van der Waals surface area contributed by atoms with Gasteiger partial charge in [0.05, 0.1) is 12.2 Å². The van der Waals surface area contributed by atoms with Gasteiger partial charge in [-0.1, -0.05) is 18.2 Å². The van der Waals surface area contributed by atoms with Crippen molar-refractivity contribution in [2.75, 3.05) is 13.2 Å². The summed E-state index contributed by atoms with van der Waals surface area (Å²) in [7, 11) is 0. The molecule has 1 unspecified atom stereocenters. The molecule has 3 rings (SSSR count). The largest absolute Gasteiger partial charge is 0.444 e. The average Bonchev–Trinajstić information content (AvgIpc) is 2.62. The number of hydrogen-bond acceptors (Lipinski definition) is 3. The molecule has 4 heteroatoms. The predicted octanol–water partition coefficient (Wildman–Crippen LogP) is 4.18. The Labute approximate surface area is 138 Å². The highest BCUT2D eigenvalue weighted by Gasteiger charge is 2.37. The molecule has 126 valence electrons. The molecule has 0 radical (unpaired) electrons. The Balaban J connectivity index is 1.92. The van der Waals surface area contributed by atoms with E-state index in [0.29, 0.717) is 19.0 Å². The van der Waals surface area contributed by atoms with Crippen LogP contribution in [0.2, 0.25) is 0 Å². The fraction of sp³-hybridized carbons (Fsp3) is 0.632. The van der Waals surface area contributed by atoms with Crippen LogP contribution < -0.4 is 0 Å². The first-order valence-corrected chi connectivity index (χ1v) is 8.41. The zero-order valence-corrected chi connectivity index (χ0v) is 14.8. The van der Waals surface area contributed by atoms with E-state index in [-0.39, 0.29) is 11.7 Å². The highest BCUT2D eigenvalue weighted by Crippen LogP contribution is 2.42. The molecule has 2 aliphatic rings. The Hall–Kier alpha value is -1.55. The minimum absolute atomic E-state index is 0.228. The van der Waals surface area contributed by atoms with Gasteiger partial charge in [-0.15, -0.1) is 0 Å². The van der Waals surface area contributed by atoms with E-state index in [9.17, 15) is 4.79 Å². The van der Waals surface area contributed by atoms with Gasteiger partial charge in [0.1, 0.15) is 5.60 Å².